The molecule has 34 atom stereocenters. The van der Waals surface area contributed by atoms with Crippen molar-refractivity contribution in [2.75, 3.05) is 13.1 Å². The predicted octanol–water partition coefficient (Wildman–Crippen LogP) is 10.2. The zero-order valence-electron chi connectivity index (χ0n) is 73.6. The van der Waals surface area contributed by atoms with Gasteiger partial charge in [-0.05, 0) is 191 Å². The van der Waals surface area contributed by atoms with Crippen LogP contribution < -0.4 is 21.3 Å². The van der Waals surface area contributed by atoms with E-state index in [0.29, 0.717) is 49.4 Å². The second-order valence-corrected chi connectivity index (χ2v) is 40.1. The van der Waals surface area contributed by atoms with Crippen molar-refractivity contribution in [1.29, 1.82) is 0 Å². The highest BCUT2D eigenvalue weighted by Crippen LogP contribution is 2.66. The van der Waals surface area contributed by atoms with Crippen LogP contribution in [0.15, 0.2) is 0 Å². The first-order valence-electron chi connectivity index (χ1n) is 46.4. The van der Waals surface area contributed by atoms with Crippen LogP contribution in [0.5, 0.6) is 0 Å². The van der Waals surface area contributed by atoms with Gasteiger partial charge in [0.2, 0.25) is 71.9 Å². The number of esters is 4. The summed E-state index contributed by atoms with van der Waals surface area (Å²) in [4.78, 5) is 188. The minimum atomic E-state index is -1.31. The summed E-state index contributed by atoms with van der Waals surface area (Å²) < 4.78 is 75.5. The molecule has 16 heterocycles. The first-order valence-corrected chi connectivity index (χ1v) is 46.4. The molecule has 4 aliphatic carbocycles. The summed E-state index contributed by atoms with van der Waals surface area (Å²) >= 11 is 0. The van der Waals surface area contributed by atoms with Crippen molar-refractivity contribution in [2.24, 2.45) is 94.7 Å². The average molecular weight is 1740 g/mol. The second kappa shape index (κ2) is 36.1. The van der Waals surface area contributed by atoms with Gasteiger partial charge in [-0.3, -0.25) is 47.9 Å². The van der Waals surface area contributed by atoms with Gasteiger partial charge in [-0.15, -0.1) is 0 Å². The number of hydrogen-bond acceptors (Lipinski definition) is 30. The Labute approximate surface area is 719 Å². The summed E-state index contributed by atoms with van der Waals surface area (Å²) in [6, 6.07) is -2.63. The third-order valence-corrected chi connectivity index (χ3v) is 31.9. The van der Waals surface area contributed by atoms with E-state index in [9.17, 15) is 47.9 Å². The molecule has 4 spiro atoms. The Balaban J connectivity index is 0.546. The molecule has 20 rings (SSSR count). The number of Topliss-reactive ketones (excluding diaryl/α,β-unsaturated/α-hetero) is 2. The Hall–Kier alpha value is -5.54. The molecule has 123 heavy (non-hydrogen) atoms. The van der Waals surface area contributed by atoms with E-state index in [1.54, 1.807) is 13.8 Å². The van der Waals surface area contributed by atoms with Gasteiger partial charge in [-0.25, -0.2) is 39.1 Å². The molecule has 16 aliphatic heterocycles. The van der Waals surface area contributed by atoms with Crippen LogP contribution in [0.25, 0.3) is 0 Å². The highest BCUT2D eigenvalue weighted by Gasteiger charge is 2.75. The number of amides is 4. The van der Waals surface area contributed by atoms with Crippen LogP contribution in [0.4, 0.5) is 0 Å². The van der Waals surface area contributed by atoms with E-state index in [4.69, 9.17) is 95.9 Å². The molecule has 16 saturated heterocycles. The van der Waals surface area contributed by atoms with Crippen molar-refractivity contribution >= 4 is 59.1 Å². The zero-order valence-corrected chi connectivity index (χ0v) is 73.6. The molecule has 34 heteroatoms. The maximum absolute atomic E-state index is 14.8. The molecular weight excluding hydrogens is 1600 g/mol. The lowest BCUT2D eigenvalue weighted by atomic mass is 9.58. The fourth-order valence-corrected chi connectivity index (χ4v) is 24.8. The van der Waals surface area contributed by atoms with Crippen LogP contribution in [0.3, 0.4) is 0 Å². The highest BCUT2D eigenvalue weighted by atomic mass is 17.3. The van der Waals surface area contributed by atoms with Crippen molar-refractivity contribution in [3.8, 4) is 0 Å². The van der Waals surface area contributed by atoms with E-state index in [0.717, 1.165) is 77.0 Å². The molecule has 0 aromatic heterocycles. The first-order chi connectivity index (χ1) is 58.6. The van der Waals surface area contributed by atoms with E-state index in [1.807, 2.05) is 41.5 Å². The molecule has 4 saturated carbocycles. The van der Waals surface area contributed by atoms with Gasteiger partial charge in [-0.1, -0.05) is 55.4 Å². The summed E-state index contributed by atoms with van der Waals surface area (Å²) in [6.07, 6.45) is 2.64. The maximum Gasteiger partial charge on any atom is 0.308 e. The molecule has 2 unspecified atom stereocenters. The smallest absolute Gasteiger partial charge is 0.308 e. The number of carbonyl (C=O) groups is 10. The normalized spacial score (nSPS) is 44.8. The van der Waals surface area contributed by atoms with Crippen LogP contribution in [0, 0.1) is 94.7 Å². The summed E-state index contributed by atoms with van der Waals surface area (Å²) in [5, 5.41) is 11.2. The number of carbonyl (C=O) groups excluding carboxylic acids is 10. The largest absolute Gasteiger partial charge is 0.435 e. The Kier molecular flexibility index (Phi) is 26.6. The molecular formula is C89H132N4O30. The van der Waals surface area contributed by atoms with Crippen molar-refractivity contribution in [3.05, 3.63) is 0 Å². The lowest BCUT2D eigenvalue weighted by Gasteiger charge is -2.59. The van der Waals surface area contributed by atoms with E-state index in [-0.39, 0.29) is 148 Å². The number of nitrogens with one attached hydrogen (secondary N) is 4. The fourth-order valence-electron chi connectivity index (χ4n) is 24.8. The summed E-state index contributed by atoms with van der Waals surface area (Å²) in [6.45, 7) is 24.0. The number of rotatable bonds is 32. The topological polar surface area (TPSA) is 403 Å². The van der Waals surface area contributed by atoms with E-state index < -0.39 is 199 Å². The lowest BCUT2D eigenvalue weighted by Crippen LogP contribution is -2.70. The quantitative estimate of drug-likeness (QED) is 0.0160. The van der Waals surface area contributed by atoms with Gasteiger partial charge in [0.25, 0.3) is 0 Å². The molecule has 688 valence electrons. The third-order valence-electron chi connectivity index (χ3n) is 31.9. The zero-order chi connectivity index (χ0) is 87.1. The molecule has 20 aliphatic rings. The molecule has 4 N–H and O–H groups in total. The third kappa shape index (κ3) is 17.6. The number of fused-ring (bicyclic) bond motifs is 8. The molecule has 4 amide bonds. The molecule has 34 nitrogen and oxygen atoms in total. The molecule has 0 aromatic carbocycles. The Bertz CT molecular complexity index is 3690. The second-order valence-electron chi connectivity index (χ2n) is 40.1. The Morgan fingerprint density at radius 1 is 0.309 bits per heavy atom. The van der Waals surface area contributed by atoms with Crippen molar-refractivity contribution < 1.29 is 144 Å². The van der Waals surface area contributed by atoms with Gasteiger partial charge in [0.1, 0.15) is 0 Å². The number of ether oxygens (including phenoxy) is 12. The van der Waals surface area contributed by atoms with E-state index in [2.05, 4.69) is 49.0 Å². The minimum Gasteiger partial charge on any atom is -0.435 e. The van der Waals surface area contributed by atoms with Crippen LogP contribution in [-0.2, 0) is 144 Å². The van der Waals surface area contributed by atoms with Gasteiger partial charge in [0, 0.05) is 112 Å². The molecule has 0 radical (unpaired) electrons. The lowest BCUT2D eigenvalue weighted by molar-refractivity contribution is -0.576. The Morgan fingerprint density at radius 3 is 0.821 bits per heavy atom. The van der Waals surface area contributed by atoms with Crippen molar-refractivity contribution in [3.63, 3.8) is 0 Å². The average Bonchev–Trinajstić information content (AvgIpc) is 1.69. The van der Waals surface area contributed by atoms with Gasteiger partial charge in [-0.2, -0.15) is 0 Å². The summed E-state index contributed by atoms with van der Waals surface area (Å²) in [5.41, 5.74) is -3.54. The van der Waals surface area contributed by atoms with Crippen LogP contribution >= 0.6 is 0 Å². The van der Waals surface area contributed by atoms with E-state index >= 15 is 0 Å². The monoisotopic (exact) mass is 1740 g/mol. The standard InChI is InChI=1S/C89H132N4O30/c1-46-19-23-58-50(5)74(108-78-86(58)54(46)35-39-82(9,112-78)116-120-86)104-70(100)31-27-66(96)90-43-15-13-17-62(92-68(98)29-33-72(102)106-76-52(7)60-25-21-48(3)56-37-41-84(11)114-80(110-76)88(56,60)122-118-84)64(94)45-65(95)63(93-69(99)30-34-73(103)107-77-53(8)61-26-22-49(4)57-38-42-85(12)115-81(111-77)89(57,61)123-119-85)18-14-16-44-91-67(97)28-32-71(101)105-75-51(6)59-24-20-47(2)55-36-40-83(10)113-79(109-75)87(55,59)121-117-83/h46-63,74-81H,13-45H2,1-12H3,(H,90,96)(H,91,97)(H,92,98)(H,93,99)/t46-,47-,48-,49-,50-,51-,52-,53-,54+,55+,56+,57+,58+,59+,60+,61+,62?,63?,74-,75-,76-,77-,78-,79-,80-,81-,82-,83+,84-,85+,86-,87-,88-,89-/m1/s1. The fraction of sp³-hybridized carbons (Fsp3) is 0.888. The summed E-state index contributed by atoms with van der Waals surface area (Å²) in [7, 11) is 0. The first kappa shape index (κ1) is 90.8. The molecule has 0 aromatic rings. The SMILES string of the molecule is C[C@H]1[C@H](OC(=O)CCC(=O)NCCCCC(NC(=O)CCC(=O)O[C@@H]2O[C@@H]3O[C@@]4(C)CC[C@H]5[C@H](C)CC[C@@H]([C@H]2C)[C@@]35OO4)C(=O)CC(=O)C(CCCCNC(=O)CCC(=O)O[C@@H]2O[C@@H]3O[C@]4(C)CC[C@H]5[C@H](C)CC[C@@H]([C@H]2C)[C@@]35OO4)NC(=O)CCC(=O)O[C@@H]2O[C@@H]3O[C@]4(C)CC[C@H]5[C@H](C)CC[C@@H]([C@H]2C)[C@@]35OO4)O[C@@H]2O[C@@]3(C)CC[C@H]4[C@H](C)CC[C@@H]1[C@@]24OO3. The summed E-state index contributed by atoms with van der Waals surface area (Å²) in [5.74, 6) is -10.8. The Morgan fingerprint density at radius 2 is 0.561 bits per heavy atom. The van der Waals surface area contributed by atoms with Crippen LogP contribution in [0.1, 0.15) is 282 Å². The van der Waals surface area contributed by atoms with Crippen LogP contribution in [-0.4, -0.2) is 180 Å². The van der Waals surface area contributed by atoms with Crippen LogP contribution in [0.2, 0.25) is 0 Å². The van der Waals surface area contributed by atoms with Gasteiger partial charge < -0.3 is 78.1 Å². The van der Waals surface area contributed by atoms with Crippen molar-refractivity contribution in [2.45, 2.75) is 390 Å². The van der Waals surface area contributed by atoms with E-state index in [1.165, 1.54) is 0 Å². The van der Waals surface area contributed by atoms with Gasteiger partial charge in [0.15, 0.2) is 59.1 Å². The van der Waals surface area contributed by atoms with Gasteiger partial charge in [0.05, 0.1) is 44.2 Å². The molecule has 20 fully saturated rings. The number of unbranched alkanes of at least 4 members (excludes halogenated alkanes) is 2. The highest BCUT2D eigenvalue weighted by molar-refractivity contribution is 6.05. The van der Waals surface area contributed by atoms with Crippen molar-refractivity contribution in [1.82, 2.24) is 21.3 Å². The van der Waals surface area contributed by atoms with Gasteiger partial charge >= 0.3 is 23.9 Å². The predicted molar refractivity (Wildman–Crippen MR) is 421 cm³/mol. The maximum atomic E-state index is 14.8. The molecule has 8 bridgehead atoms. The number of hydrogen-bond donors (Lipinski definition) is 4. The minimum absolute atomic E-state index is 0.0296. The number of ketones is 2.